The molecule has 1 fully saturated rings. The van der Waals surface area contributed by atoms with Gasteiger partial charge < -0.3 is 0 Å². The van der Waals surface area contributed by atoms with Crippen LogP contribution in [-0.4, -0.2) is 12.2 Å². The molecule has 1 saturated carbocycles. The van der Waals surface area contributed by atoms with Crippen molar-refractivity contribution in [2.45, 2.75) is 103 Å². The monoisotopic (exact) mass is 270 g/mol. The molecule has 0 amide bonds. The van der Waals surface area contributed by atoms with E-state index >= 15 is 0 Å². The third-order valence-corrected chi connectivity index (χ3v) is 4.25. The molecular formula is C17H34O2. The van der Waals surface area contributed by atoms with E-state index in [1.807, 2.05) is 0 Å². The number of hydrogen-bond donors (Lipinski definition) is 0. The fraction of sp³-hybridized carbons (Fsp3) is 1.00. The minimum atomic E-state index is -0.0487. The van der Waals surface area contributed by atoms with Crippen molar-refractivity contribution >= 4 is 0 Å². The van der Waals surface area contributed by atoms with Crippen LogP contribution in [0.2, 0.25) is 0 Å². The van der Waals surface area contributed by atoms with Gasteiger partial charge in [0.1, 0.15) is 5.60 Å². The Kier molecular flexibility index (Phi) is 9.54. The van der Waals surface area contributed by atoms with Crippen LogP contribution in [0.1, 0.15) is 97.3 Å². The van der Waals surface area contributed by atoms with Gasteiger partial charge in [0, 0.05) is 0 Å². The van der Waals surface area contributed by atoms with Crippen LogP contribution in [0.5, 0.6) is 0 Å². The largest absolute Gasteiger partial charge is 0.236 e. The summed E-state index contributed by atoms with van der Waals surface area (Å²) in [5.41, 5.74) is -0.0487. The van der Waals surface area contributed by atoms with E-state index in [-0.39, 0.29) is 5.60 Å². The maximum atomic E-state index is 5.78. The summed E-state index contributed by atoms with van der Waals surface area (Å²) in [6.45, 7) is 5.16. The second-order valence-electron chi connectivity index (χ2n) is 6.39. The van der Waals surface area contributed by atoms with Crippen molar-refractivity contribution in [3.63, 3.8) is 0 Å². The van der Waals surface area contributed by atoms with Gasteiger partial charge >= 0.3 is 0 Å². The molecule has 0 unspecified atom stereocenters. The molecule has 0 saturated heterocycles. The van der Waals surface area contributed by atoms with Crippen molar-refractivity contribution in [3.8, 4) is 0 Å². The number of unbranched alkanes of at least 4 members (excludes halogenated alkanes) is 1. The van der Waals surface area contributed by atoms with E-state index in [4.69, 9.17) is 9.78 Å². The maximum Gasteiger partial charge on any atom is 0.101 e. The summed E-state index contributed by atoms with van der Waals surface area (Å²) in [5, 5.41) is 0. The lowest BCUT2D eigenvalue weighted by molar-refractivity contribution is -0.361. The first-order valence-electron chi connectivity index (χ1n) is 8.57. The topological polar surface area (TPSA) is 18.5 Å². The molecule has 0 aromatic rings. The molecule has 1 aliphatic rings. The van der Waals surface area contributed by atoms with Crippen molar-refractivity contribution in [1.29, 1.82) is 0 Å². The van der Waals surface area contributed by atoms with Crippen molar-refractivity contribution in [1.82, 2.24) is 0 Å². The predicted molar refractivity (Wildman–Crippen MR) is 81.1 cm³/mol. The summed E-state index contributed by atoms with van der Waals surface area (Å²) in [7, 11) is 0. The first kappa shape index (κ1) is 17.0. The SMILES string of the molecule is CCCCOOC1(C)CCCCCCCCCCC1. The Labute approximate surface area is 120 Å². The van der Waals surface area contributed by atoms with Crippen molar-refractivity contribution in [2.75, 3.05) is 6.61 Å². The van der Waals surface area contributed by atoms with E-state index in [1.54, 1.807) is 0 Å². The summed E-state index contributed by atoms with van der Waals surface area (Å²) >= 11 is 0. The van der Waals surface area contributed by atoms with Crippen molar-refractivity contribution in [2.24, 2.45) is 0 Å². The molecule has 2 heteroatoms. The summed E-state index contributed by atoms with van der Waals surface area (Å²) in [5.74, 6) is 0. The Balaban J connectivity index is 2.31. The summed E-state index contributed by atoms with van der Waals surface area (Å²) in [4.78, 5) is 11.2. The normalized spacial score (nSPS) is 22.4. The fourth-order valence-corrected chi connectivity index (χ4v) is 2.83. The summed E-state index contributed by atoms with van der Waals surface area (Å²) in [6, 6.07) is 0. The maximum absolute atomic E-state index is 5.78. The van der Waals surface area contributed by atoms with Gasteiger partial charge in [0.05, 0.1) is 6.61 Å². The zero-order valence-electron chi connectivity index (χ0n) is 13.2. The molecule has 0 bridgehead atoms. The van der Waals surface area contributed by atoms with Crippen LogP contribution >= 0.6 is 0 Å². The second-order valence-corrected chi connectivity index (χ2v) is 6.39. The van der Waals surface area contributed by atoms with E-state index in [0.717, 1.165) is 25.9 Å². The first-order chi connectivity index (χ1) is 9.27. The molecule has 1 rings (SSSR count). The average Bonchev–Trinajstić information content (AvgIpc) is 2.39. The minimum Gasteiger partial charge on any atom is -0.236 e. The van der Waals surface area contributed by atoms with Crippen LogP contribution in [0.3, 0.4) is 0 Å². The number of rotatable bonds is 5. The fourth-order valence-electron chi connectivity index (χ4n) is 2.83. The second kappa shape index (κ2) is 10.7. The van der Waals surface area contributed by atoms with Gasteiger partial charge in [-0.3, -0.25) is 0 Å². The molecule has 0 atom stereocenters. The molecule has 0 aromatic carbocycles. The smallest absolute Gasteiger partial charge is 0.101 e. The zero-order chi connectivity index (χ0) is 13.8. The van der Waals surface area contributed by atoms with E-state index in [1.165, 1.54) is 64.2 Å². The van der Waals surface area contributed by atoms with Crippen molar-refractivity contribution < 1.29 is 9.78 Å². The molecule has 0 spiro atoms. The van der Waals surface area contributed by atoms with E-state index < -0.39 is 0 Å². The lowest BCUT2D eigenvalue weighted by Crippen LogP contribution is -2.29. The molecule has 2 nitrogen and oxygen atoms in total. The van der Waals surface area contributed by atoms with Gasteiger partial charge in [-0.25, -0.2) is 9.78 Å². The molecule has 0 radical (unpaired) electrons. The molecule has 114 valence electrons. The van der Waals surface area contributed by atoms with Gasteiger partial charge in [0.25, 0.3) is 0 Å². The molecule has 0 aliphatic heterocycles. The van der Waals surface area contributed by atoms with Crippen LogP contribution in [0, 0.1) is 0 Å². The molecule has 0 heterocycles. The highest BCUT2D eigenvalue weighted by Crippen LogP contribution is 2.28. The first-order valence-corrected chi connectivity index (χ1v) is 8.57. The summed E-state index contributed by atoms with van der Waals surface area (Å²) < 4.78 is 0. The molecule has 0 N–H and O–H groups in total. The van der Waals surface area contributed by atoms with Gasteiger partial charge in [-0.2, -0.15) is 0 Å². The van der Waals surface area contributed by atoms with Gasteiger partial charge in [-0.05, 0) is 26.2 Å². The Morgan fingerprint density at radius 3 is 1.74 bits per heavy atom. The van der Waals surface area contributed by atoms with E-state index in [9.17, 15) is 0 Å². The Morgan fingerprint density at radius 1 is 0.789 bits per heavy atom. The Morgan fingerprint density at radius 2 is 1.26 bits per heavy atom. The zero-order valence-corrected chi connectivity index (χ0v) is 13.2. The number of hydrogen-bond acceptors (Lipinski definition) is 2. The lowest BCUT2D eigenvalue weighted by atomic mass is 9.90. The average molecular weight is 270 g/mol. The Bertz CT molecular complexity index is 186. The minimum absolute atomic E-state index is 0.0487. The van der Waals surface area contributed by atoms with Gasteiger partial charge in [-0.1, -0.05) is 71.1 Å². The molecule has 0 aromatic heterocycles. The lowest BCUT2D eigenvalue weighted by Gasteiger charge is -2.28. The standard InChI is InChI=1S/C17H34O2/c1-3-4-16-18-19-17(2)14-12-10-8-6-5-7-9-11-13-15-17/h3-16H2,1-2H3. The van der Waals surface area contributed by atoms with Gasteiger partial charge in [0.15, 0.2) is 0 Å². The highest BCUT2D eigenvalue weighted by Gasteiger charge is 2.25. The van der Waals surface area contributed by atoms with Crippen molar-refractivity contribution in [3.05, 3.63) is 0 Å². The van der Waals surface area contributed by atoms with Crippen LogP contribution in [-0.2, 0) is 9.78 Å². The summed E-state index contributed by atoms with van der Waals surface area (Å²) in [6.07, 6.45) is 16.9. The van der Waals surface area contributed by atoms with Crippen LogP contribution < -0.4 is 0 Å². The molecular weight excluding hydrogens is 236 g/mol. The Hall–Kier alpha value is -0.0800. The predicted octanol–water partition coefficient (Wildman–Crippen LogP) is 5.80. The molecule has 1 aliphatic carbocycles. The quantitative estimate of drug-likeness (QED) is 0.357. The third-order valence-electron chi connectivity index (χ3n) is 4.25. The molecule has 19 heavy (non-hydrogen) atoms. The van der Waals surface area contributed by atoms with E-state index in [2.05, 4.69) is 13.8 Å². The third kappa shape index (κ3) is 8.65. The van der Waals surface area contributed by atoms with Crippen LogP contribution in [0.15, 0.2) is 0 Å². The highest BCUT2D eigenvalue weighted by atomic mass is 17.2. The van der Waals surface area contributed by atoms with Gasteiger partial charge in [0.2, 0.25) is 0 Å². The van der Waals surface area contributed by atoms with E-state index in [0.29, 0.717) is 0 Å². The van der Waals surface area contributed by atoms with Crippen LogP contribution in [0.4, 0.5) is 0 Å². The van der Waals surface area contributed by atoms with Crippen LogP contribution in [0.25, 0.3) is 0 Å². The highest BCUT2D eigenvalue weighted by molar-refractivity contribution is 4.74. The van der Waals surface area contributed by atoms with Gasteiger partial charge in [-0.15, -0.1) is 0 Å².